The summed E-state index contributed by atoms with van der Waals surface area (Å²) in [5, 5.41) is 0. The first kappa shape index (κ1) is 70.9. The number of unbranched alkanes of at least 4 members (excludes halogenated alkanes) is 27. The van der Waals surface area contributed by atoms with Gasteiger partial charge in [-0.3, -0.25) is 18.6 Å². The molecule has 426 valence electrons. The molecule has 0 spiro atoms. The Morgan fingerprint density at radius 1 is 0.419 bits per heavy atom. The van der Waals surface area contributed by atoms with Gasteiger partial charge < -0.3 is 20.1 Å². The topological polar surface area (TPSA) is 134 Å². The number of carbonyl (C=O) groups is 2. The van der Waals surface area contributed by atoms with Crippen molar-refractivity contribution in [2.24, 2.45) is 5.73 Å². The third kappa shape index (κ3) is 58.2. The Morgan fingerprint density at radius 2 is 0.743 bits per heavy atom. The monoisotopic (exact) mass is 1050 g/mol. The first-order valence-corrected chi connectivity index (χ1v) is 31.7. The molecule has 0 saturated carbocycles. The van der Waals surface area contributed by atoms with E-state index in [1.54, 1.807) is 0 Å². The van der Waals surface area contributed by atoms with E-state index >= 15 is 0 Å². The van der Waals surface area contributed by atoms with E-state index in [0.29, 0.717) is 6.42 Å². The molecule has 9 nitrogen and oxygen atoms in total. The summed E-state index contributed by atoms with van der Waals surface area (Å²) in [4.78, 5) is 35.2. The number of ether oxygens (including phenoxy) is 2. The summed E-state index contributed by atoms with van der Waals surface area (Å²) in [7, 11) is -4.39. The summed E-state index contributed by atoms with van der Waals surface area (Å²) in [6.07, 6.45) is 79.0. The maximum Gasteiger partial charge on any atom is 0.472 e. The van der Waals surface area contributed by atoms with Crippen LogP contribution in [-0.2, 0) is 32.7 Å². The first-order chi connectivity index (χ1) is 36.3. The largest absolute Gasteiger partial charge is 0.472 e. The highest BCUT2D eigenvalue weighted by Crippen LogP contribution is 2.43. The number of carbonyl (C=O) groups excluding carboxylic acids is 2. The maximum atomic E-state index is 12.7. The van der Waals surface area contributed by atoms with Crippen molar-refractivity contribution in [3.63, 3.8) is 0 Å². The fraction of sp³-hybridized carbons (Fsp3) is 0.719. The molecule has 0 bridgehead atoms. The predicted octanol–water partition coefficient (Wildman–Crippen LogP) is 19.2. The normalized spacial score (nSPS) is 13.7. The van der Waals surface area contributed by atoms with Gasteiger partial charge >= 0.3 is 19.8 Å². The number of esters is 2. The van der Waals surface area contributed by atoms with E-state index in [0.717, 1.165) is 103 Å². The zero-order valence-corrected chi connectivity index (χ0v) is 48.4. The molecule has 10 heteroatoms. The van der Waals surface area contributed by atoms with Gasteiger partial charge in [-0.25, -0.2) is 4.57 Å². The predicted molar refractivity (Wildman–Crippen MR) is 316 cm³/mol. The number of phosphoric acid groups is 1. The molecule has 74 heavy (non-hydrogen) atoms. The number of nitrogens with two attached hydrogens (primary N) is 1. The Labute approximate surface area is 455 Å². The van der Waals surface area contributed by atoms with Crippen LogP contribution in [0.1, 0.15) is 264 Å². The molecule has 0 aliphatic heterocycles. The minimum Gasteiger partial charge on any atom is -0.462 e. The average molecular weight is 1050 g/mol. The molecule has 0 aliphatic carbocycles. The molecular formula is C64H112NO8P. The third-order valence-electron chi connectivity index (χ3n) is 12.7. The van der Waals surface area contributed by atoms with Crippen LogP contribution >= 0.6 is 7.82 Å². The Hall–Kier alpha value is -3.07. The molecule has 0 amide bonds. The lowest BCUT2D eigenvalue weighted by Gasteiger charge is -2.19. The van der Waals surface area contributed by atoms with Gasteiger partial charge in [0.15, 0.2) is 6.10 Å². The fourth-order valence-corrected chi connectivity index (χ4v) is 9.02. The molecule has 0 radical (unpaired) electrons. The van der Waals surface area contributed by atoms with Gasteiger partial charge in [0.05, 0.1) is 13.2 Å². The van der Waals surface area contributed by atoms with E-state index in [9.17, 15) is 19.0 Å². The summed E-state index contributed by atoms with van der Waals surface area (Å²) in [5.41, 5.74) is 5.38. The molecular weight excluding hydrogens is 942 g/mol. The van der Waals surface area contributed by atoms with Gasteiger partial charge in [-0.1, -0.05) is 252 Å². The highest BCUT2D eigenvalue weighted by Gasteiger charge is 2.26. The second kappa shape index (κ2) is 59.2. The van der Waals surface area contributed by atoms with Crippen molar-refractivity contribution in [2.45, 2.75) is 270 Å². The fourth-order valence-electron chi connectivity index (χ4n) is 8.26. The summed E-state index contributed by atoms with van der Waals surface area (Å²) >= 11 is 0. The lowest BCUT2D eigenvalue weighted by molar-refractivity contribution is -0.161. The van der Waals surface area contributed by atoms with E-state index in [1.807, 2.05) is 0 Å². The van der Waals surface area contributed by atoms with E-state index in [4.69, 9.17) is 24.3 Å². The standard InChI is InChI=1S/C64H112NO8P/c1-3-5-7-9-11-13-15-17-19-21-22-23-24-25-26-27-28-29-30-31-32-33-34-35-36-37-38-39-40-41-43-45-47-49-51-53-55-57-64(67)73-62(61-72-74(68,69)71-59-58-65)60-70-63(66)56-54-52-50-48-46-44-42-20-18-16-14-12-10-8-6-4-2/h5,7,11,13,17,19-20,22-23,25-26,28-29,31-32,42,62H,3-4,6,8-10,12,14-16,18,21,24,27,30,33-41,43-61,65H2,1-2H3,(H,68,69)/b7-5-,13-11-,19-17-,23-22-,26-25-,29-28-,32-31-,42-20-. The third-order valence-corrected chi connectivity index (χ3v) is 13.7. The lowest BCUT2D eigenvalue weighted by atomic mass is 10.0. The van der Waals surface area contributed by atoms with Crippen LogP contribution in [0.3, 0.4) is 0 Å². The Kier molecular flexibility index (Phi) is 56.7. The molecule has 0 aromatic carbocycles. The van der Waals surface area contributed by atoms with E-state index in [-0.39, 0.29) is 38.6 Å². The van der Waals surface area contributed by atoms with Crippen LogP contribution in [0.15, 0.2) is 97.2 Å². The maximum absolute atomic E-state index is 12.7. The van der Waals surface area contributed by atoms with Gasteiger partial charge in [0, 0.05) is 19.4 Å². The molecule has 0 heterocycles. The Balaban J connectivity index is 3.90. The summed E-state index contributed by atoms with van der Waals surface area (Å²) in [5.74, 6) is -0.834. The van der Waals surface area contributed by atoms with Crippen molar-refractivity contribution < 1.29 is 37.6 Å². The second-order valence-electron chi connectivity index (χ2n) is 19.8. The minimum atomic E-state index is -4.39. The van der Waals surface area contributed by atoms with Gasteiger partial charge in [0.1, 0.15) is 6.61 Å². The SMILES string of the molecule is CC/C=C\C/C=C\C/C=C\C/C=C\C/C=C\C/C=C\C/C=C\CCCCCCCCCCCCCCCCCC(=O)OC(COC(=O)CCCCCCC/C=C\CCCCCCCCC)COP(=O)(O)OCCN. The van der Waals surface area contributed by atoms with Gasteiger partial charge in [-0.2, -0.15) is 0 Å². The number of hydrogen-bond acceptors (Lipinski definition) is 8. The summed E-state index contributed by atoms with van der Waals surface area (Å²) in [6.45, 7) is 3.63. The summed E-state index contributed by atoms with van der Waals surface area (Å²) in [6, 6.07) is 0. The van der Waals surface area contributed by atoms with Crippen LogP contribution in [0.5, 0.6) is 0 Å². The minimum absolute atomic E-state index is 0.0500. The number of allylic oxidation sites excluding steroid dienone is 16. The zero-order chi connectivity index (χ0) is 53.8. The Bertz CT molecular complexity index is 1530. The van der Waals surface area contributed by atoms with Gasteiger partial charge in [-0.05, 0) is 96.3 Å². The second-order valence-corrected chi connectivity index (χ2v) is 21.3. The first-order valence-electron chi connectivity index (χ1n) is 30.2. The molecule has 0 aromatic heterocycles. The molecule has 3 N–H and O–H groups in total. The van der Waals surface area contributed by atoms with Gasteiger partial charge in [0.25, 0.3) is 0 Å². The molecule has 0 aliphatic rings. The van der Waals surface area contributed by atoms with Crippen LogP contribution in [0, 0.1) is 0 Å². The lowest BCUT2D eigenvalue weighted by Crippen LogP contribution is -2.29. The smallest absolute Gasteiger partial charge is 0.462 e. The van der Waals surface area contributed by atoms with Gasteiger partial charge in [0.2, 0.25) is 0 Å². The van der Waals surface area contributed by atoms with Crippen molar-refractivity contribution in [1.82, 2.24) is 0 Å². The molecule has 0 rings (SSSR count). The number of hydrogen-bond donors (Lipinski definition) is 2. The highest BCUT2D eigenvalue weighted by molar-refractivity contribution is 7.47. The summed E-state index contributed by atoms with van der Waals surface area (Å²) < 4.78 is 33.0. The van der Waals surface area contributed by atoms with Gasteiger partial charge in [-0.15, -0.1) is 0 Å². The van der Waals surface area contributed by atoms with Crippen LogP contribution < -0.4 is 5.73 Å². The van der Waals surface area contributed by atoms with E-state index in [2.05, 4.69) is 111 Å². The van der Waals surface area contributed by atoms with Crippen LogP contribution in [0.4, 0.5) is 0 Å². The molecule has 0 saturated heterocycles. The Morgan fingerprint density at radius 3 is 1.12 bits per heavy atom. The van der Waals surface area contributed by atoms with Crippen molar-refractivity contribution >= 4 is 19.8 Å². The molecule has 2 unspecified atom stereocenters. The van der Waals surface area contributed by atoms with Crippen molar-refractivity contribution in [2.75, 3.05) is 26.4 Å². The van der Waals surface area contributed by atoms with E-state index < -0.39 is 26.5 Å². The molecule has 0 aromatic rings. The number of phosphoric ester groups is 1. The zero-order valence-electron chi connectivity index (χ0n) is 47.6. The van der Waals surface area contributed by atoms with E-state index in [1.165, 1.54) is 128 Å². The molecule has 0 fully saturated rings. The van der Waals surface area contributed by atoms with Crippen molar-refractivity contribution in [3.05, 3.63) is 97.2 Å². The highest BCUT2D eigenvalue weighted by atomic mass is 31.2. The average Bonchev–Trinajstić information content (AvgIpc) is 3.39. The quantitative estimate of drug-likeness (QED) is 0.0264. The van der Waals surface area contributed by atoms with Crippen molar-refractivity contribution in [3.8, 4) is 0 Å². The van der Waals surface area contributed by atoms with Crippen LogP contribution in [-0.4, -0.2) is 49.3 Å². The van der Waals surface area contributed by atoms with Crippen LogP contribution in [0.2, 0.25) is 0 Å². The van der Waals surface area contributed by atoms with Crippen molar-refractivity contribution in [1.29, 1.82) is 0 Å². The van der Waals surface area contributed by atoms with Crippen LogP contribution in [0.25, 0.3) is 0 Å². The molecule has 2 atom stereocenters. The number of rotatable bonds is 56.